The number of hydrogen-bond acceptors (Lipinski definition) is 6. The minimum Gasteiger partial charge on any atom is -0.449 e. The standard InChI is InChI=1S/C14H17N3O5/c1-8(13(18)16-9-3-4-9)22-14(19)11-7-10(17(20)21)5-6-12(11)15-2/h5-9,15H,3-4H2,1-2H3,(H,16,18)/t8-/m0/s1. The van der Waals surface area contributed by atoms with Crippen molar-refractivity contribution >= 4 is 23.3 Å². The summed E-state index contributed by atoms with van der Waals surface area (Å²) in [6.45, 7) is 1.46. The summed E-state index contributed by atoms with van der Waals surface area (Å²) in [4.78, 5) is 34.1. The molecule has 1 amide bonds. The van der Waals surface area contributed by atoms with Crippen molar-refractivity contribution in [3.05, 3.63) is 33.9 Å². The van der Waals surface area contributed by atoms with Crippen molar-refractivity contribution in [3.8, 4) is 0 Å². The molecule has 1 aromatic carbocycles. The summed E-state index contributed by atoms with van der Waals surface area (Å²) in [5.41, 5.74) is 0.189. The molecule has 1 atom stereocenters. The predicted octanol–water partition coefficient (Wildman–Crippen LogP) is 1.46. The van der Waals surface area contributed by atoms with Crippen LogP contribution in [0.4, 0.5) is 11.4 Å². The number of non-ortho nitro benzene ring substituents is 1. The monoisotopic (exact) mass is 307 g/mol. The number of esters is 1. The zero-order valence-corrected chi connectivity index (χ0v) is 12.3. The van der Waals surface area contributed by atoms with Crippen molar-refractivity contribution in [2.24, 2.45) is 0 Å². The van der Waals surface area contributed by atoms with Gasteiger partial charge in [-0.2, -0.15) is 0 Å². The molecule has 0 saturated heterocycles. The van der Waals surface area contributed by atoms with E-state index in [-0.39, 0.29) is 23.2 Å². The SMILES string of the molecule is CNc1ccc([N+](=O)[O-])cc1C(=O)O[C@@H](C)C(=O)NC1CC1. The number of nitrogens with zero attached hydrogens (tertiary/aromatic N) is 1. The van der Waals surface area contributed by atoms with Gasteiger partial charge in [0.1, 0.15) is 0 Å². The Balaban J connectivity index is 2.11. The second-order valence-corrected chi connectivity index (χ2v) is 5.07. The number of hydrogen-bond donors (Lipinski definition) is 2. The van der Waals surface area contributed by atoms with E-state index in [4.69, 9.17) is 4.74 Å². The van der Waals surface area contributed by atoms with Gasteiger partial charge in [0.15, 0.2) is 6.10 Å². The lowest BCUT2D eigenvalue weighted by atomic mass is 10.1. The maximum absolute atomic E-state index is 12.2. The van der Waals surface area contributed by atoms with Gasteiger partial charge in [-0.15, -0.1) is 0 Å². The van der Waals surface area contributed by atoms with E-state index in [0.29, 0.717) is 5.69 Å². The Hall–Kier alpha value is -2.64. The molecular weight excluding hydrogens is 290 g/mol. The molecule has 0 bridgehead atoms. The van der Waals surface area contributed by atoms with Gasteiger partial charge in [0.25, 0.3) is 11.6 Å². The lowest BCUT2D eigenvalue weighted by molar-refractivity contribution is -0.384. The lowest BCUT2D eigenvalue weighted by Crippen LogP contribution is -2.37. The van der Waals surface area contributed by atoms with E-state index in [1.807, 2.05) is 0 Å². The highest BCUT2D eigenvalue weighted by atomic mass is 16.6. The first-order valence-corrected chi connectivity index (χ1v) is 6.90. The summed E-state index contributed by atoms with van der Waals surface area (Å²) in [5.74, 6) is -1.15. The highest BCUT2D eigenvalue weighted by Crippen LogP contribution is 2.23. The van der Waals surface area contributed by atoms with Crippen molar-refractivity contribution in [3.63, 3.8) is 0 Å². The van der Waals surface area contributed by atoms with Crippen LogP contribution in [0, 0.1) is 10.1 Å². The summed E-state index contributed by atoms with van der Waals surface area (Å²) in [5, 5.41) is 16.3. The summed E-state index contributed by atoms with van der Waals surface area (Å²) in [6.07, 6.45) is 0.902. The quantitative estimate of drug-likeness (QED) is 0.467. The largest absolute Gasteiger partial charge is 0.449 e. The minimum atomic E-state index is -0.961. The highest BCUT2D eigenvalue weighted by molar-refractivity contribution is 5.98. The molecule has 0 unspecified atom stereocenters. The summed E-state index contributed by atoms with van der Waals surface area (Å²) >= 11 is 0. The number of carbonyl (C=O) groups excluding carboxylic acids is 2. The maximum atomic E-state index is 12.2. The molecule has 0 spiro atoms. The lowest BCUT2D eigenvalue weighted by Gasteiger charge is -2.14. The molecule has 1 saturated carbocycles. The molecule has 8 nitrogen and oxygen atoms in total. The molecule has 2 N–H and O–H groups in total. The number of nitrogens with one attached hydrogen (secondary N) is 2. The molecule has 118 valence electrons. The Kier molecular flexibility index (Phi) is 4.59. The van der Waals surface area contributed by atoms with E-state index >= 15 is 0 Å². The fourth-order valence-corrected chi connectivity index (χ4v) is 1.86. The molecule has 22 heavy (non-hydrogen) atoms. The van der Waals surface area contributed by atoms with Gasteiger partial charge in [0.2, 0.25) is 0 Å². The average Bonchev–Trinajstić information content (AvgIpc) is 3.30. The van der Waals surface area contributed by atoms with Crippen LogP contribution in [0.25, 0.3) is 0 Å². The van der Waals surface area contributed by atoms with E-state index in [1.54, 1.807) is 7.05 Å². The van der Waals surface area contributed by atoms with Crippen molar-refractivity contribution < 1.29 is 19.2 Å². The van der Waals surface area contributed by atoms with Crippen LogP contribution in [-0.2, 0) is 9.53 Å². The molecule has 0 aliphatic heterocycles. The van der Waals surface area contributed by atoms with E-state index < -0.39 is 17.0 Å². The van der Waals surface area contributed by atoms with Gasteiger partial charge in [0.05, 0.1) is 10.5 Å². The summed E-state index contributed by atoms with van der Waals surface area (Å²) < 4.78 is 5.09. The molecule has 0 radical (unpaired) electrons. The Morgan fingerprint density at radius 2 is 2.09 bits per heavy atom. The van der Waals surface area contributed by atoms with Gasteiger partial charge in [-0.05, 0) is 25.8 Å². The Bertz CT molecular complexity index is 612. The Morgan fingerprint density at radius 1 is 1.41 bits per heavy atom. The summed E-state index contributed by atoms with van der Waals surface area (Å²) in [7, 11) is 1.58. The van der Waals surface area contributed by atoms with Crippen LogP contribution in [0.1, 0.15) is 30.1 Å². The van der Waals surface area contributed by atoms with Gasteiger partial charge >= 0.3 is 5.97 Å². The molecule has 0 heterocycles. The first-order chi connectivity index (χ1) is 10.4. The third-order valence-electron chi connectivity index (χ3n) is 3.28. The molecule has 0 aromatic heterocycles. The number of nitro groups is 1. The molecule has 1 aliphatic carbocycles. The smallest absolute Gasteiger partial charge is 0.341 e. The number of rotatable bonds is 6. The fraction of sp³-hybridized carbons (Fsp3) is 0.429. The molecule has 8 heteroatoms. The van der Waals surface area contributed by atoms with Crippen LogP contribution in [-0.4, -0.2) is 36.0 Å². The fourth-order valence-electron chi connectivity index (χ4n) is 1.86. The van der Waals surface area contributed by atoms with Crippen molar-refractivity contribution in [1.82, 2.24) is 5.32 Å². The second kappa shape index (κ2) is 6.42. The minimum absolute atomic E-state index is 0.0165. The van der Waals surface area contributed by atoms with Crippen molar-refractivity contribution in [2.75, 3.05) is 12.4 Å². The van der Waals surface area contributed by atoms with Gasteiger partial charge in [-0.1, -0.05) is 0 Å². The molecular formula is C14H17N3O5. The average molecular weight is 307 g/mol. The van der Waals surface area contributed by atoms with Gasteiger partial charge in [-0.25, -0.2) is 4.79 Å². The van der Waals surface area contributed by atoms with Crippen molar-refractivity contribution in [1.29, 1.82) is 0 Å². The summed E-state index contributed by atoms with van der Waals surface area (Å²) in [6, 6.07) is 3.99. The van der Waals surface area contributed by atoms with Crippen LogP contribution in [0.3, 0.4) is 0 Å². The van der Waals surface area contributed by atoms with E-state index in [2.05, 4.69) is 10.6 Å². The zero-order valence-electron chi connectivity index (χ0n) is 12.3. The number of anilines is 1. The van der Waals surface area contributed by atoms with Crippen LogP contribution in [0.2, 0.25) is 0 Å². The van der Waals surface area contributed by atoms with E-state index in [0.717, 1.165) is 18.9 Å². The molecule has 2 rings (SSSR count). The topological polar surface area (TPSA) is 111 Å². The van der Waals surface area contributed by atoms with E-state index in [9.17, 15) is 19.7 Å². The molecule has 1 aromatic rings. The Morgan fingerprint density at radius 3 is 2.64 bits per heavy atom. The highest BCUT2D eigenvalue weighted by Gasteiger charge is 2.28. The maximum Gasteiger partial charge on any atom is 0.341 e. The van der Waals surface area contributed by atoms with E-state index in [1.165, 1.54) is 19.1 Å². The van der Waals surface area contributed by atoms with Gasteiger partial charge < -0.3 is 15.4 Å². The number of amides is 1. The Labute approximate surface area is 127 Å². The molecule has 1 fully saturated rings. The number of carbonyl (C=O) groups is 2. The second-order valence-electron chi connectivity index (χ2n) is 5.07. The molecule has 1 aliphatic rings. The van der Waals surface area contributed by atoms with Crippen LogP contribution in [0.15, 0.2) is 18.2 Å². The third-order valence-corrected chi connectivity index (χ3v) is 3.28. The normalized spacial score (nSPS) is 14.8. The van der Waals surface area contributed by atoms with Crippen LogP contribution in [0.5, 0.6) is 0 Å². The first-order valence-electron chi connectivity index (χ1n) is 6.90. The van der Waals surface area contributed by atoms with Crippen LogP contribution < -0.4 is 10.6 Å². The number of benzene rings is 1. The third kappa shape index (κ3) is 3.72. The first kappa shape index (κ1) is 15.7. The zero-order chi connectivity index (χ0) is 16.3. The van der Waals surface area contributed by atoms with Gasteiger partial charge in [-0.3, -0.25) is 14.9 Å². The number of ether oxygens (including phenoxy) is 1. The van der Waals surface area contributed by atoms with Gasteiger partial charge in [0, 0.05) is 30.9 Å². The number of nitro benzene ring substituents is 1. The van der Waals surface area contributed by atoms with Crippen LogP contribution >= 0.6 is 0 Å². The van der Waals surface area contributed by atoms with Crippen molar-refractivity contribution in [2.45, 2.75) is 31.9 Å². The predicted molar refractivity (Wildman–Crippen MR) is 78.7 cm³/mol.